The highest BCUT2D eigenvalue weighted by Gasteiger charge is 2.20. The van der Waals surface area contributed by atoms with Gasteiger partial charge in [0.05, 0.1) is 29.0 Å². The molecule has 0 aliphatic carbocycles. The van der Waals surface area contributed by atoms with E-state index in [0.29, 0.717) is 48.4 Å². The fourth-order valence-electron chi connectivity index (χ4n) is 6.91. The van der Waals surface area contributed by atoms with Gasteiger partial charge in [0.1, 0.15) is 42.3 Å². The van der Waals surface area contributed by atoms with Gasteiger partial charge in [-0.1, -0.05) is 47.1 Å². The second-order valence-electron chi connectivity index (χ2n) is 14.1. The van der Waals surface area contributed by atoms with E-state index in [1.165, 1.54) is 6.20 Å². The maximum absolute atomic E-state index is 9.81. The number of β-amino-alcohol motifs (C(OH)–C–C–N with tert-alkyl or cyclic N) is 1. The Morgan fingerprint density at radius 1 is 0.926 bits per heavy atom. The molecule has 0 bridgehead atoms. The third kappa shape index (κ3) is 9.59. The summed E-state index contributed by atoms with van der Waals surface area (Å²) in [6.45, 7) is 13.0. The quantitative estimate of drug-likeness (QED) is 0.0992. The summed E-state index contributed by atoms with van der Waals surface area (Å²) in [7, 11) is 2.02. The molecule has 6 rings (SSSR count). The van der Waals surface area contributed by atoms with Crippen molar-refractivity contribution in [3.8, 4) is 34.4 Å². The topological polar surface area (TPSA) is 117 Å². The molecule has 0 spiro atoms. The Morgan fingerprint density at radius 2 is 1.70 bits per heavy atom. The molecule has 282 valence electrons. The van der Waals surface area contributed by atoms with Gasteiger partial charge >= 0.3 is 0 Å². The van der Waals surface area contributed by atoms with Crippen LogP contribution < -0.4 is 14.2 Å². The molecule has 3 heterocycles. The number of rotatable bonds is 16. The third-order valence-corrected chi connectivity index (χ3v) is 10.3. The Morgan fingerprint density at radius 3 is 2.44 bits per heavy atom. The SMILES string of the molecule is Cc1noc(C)c1CN(C)Cc1cc(Cl)c(OCc2cccc(-c3cccc(OCCCN4CC[C@@H](O)C4)c3C)c2C)cc1OCc1cncc(C#N)c1. The lowest BCUT2D eigenvalue weighted by atomic mass is 9.93. The van der Waals surface area contributed by atoms with E-state index in [1.807, 2.05) is 45.2 Å². The zero-order valence-corrected chi connectivity index (χ0v) is 32.4. The molecule has 1 aliphatic rings. The molecule has 0 unspecified atom stereocenters. The standard InChI is InChI=1S/C43H48ClN5O5/c1-28-34(9-6-10-37(28)38-11-7-12-41(29(38)2)51-16-8-14-49-15-13-36(50)24-49)27-53-43-19-42(52-26-33-17-32(20-45)21-46-22-33)35(18-40(43)44)23-48(5)25-39-30(3)47-54-31(39)4/h6-7,9-12,17-19,21-22,36,50H,8,13-16,23-27H2,1-5H3/t36-/m1/s1. The number of nitriles is 1. The van der Waals surface area contributed by atoms with E-state index in [4.69, 9.17) is 30.3 Å². The lowest BCUT2D eigenvalue weighted by Crippen LogP contribution is -2.24. The molecule has 0 saturated carbocycles. The van der Waals surface area contributed by atoms with E-state index in [2.05, 4.69) is 64.1 Å². The molecule has 1 fully saturated rings. The van der Waals surface area contributed by atoms with E-state index in [1.54, 1.807) is 12.3 Å². The van der Waals surface area contributed by atoms with Crippen LogP contribution >= 0.6 is 11.6 Å². The fraction of sp³-hybridized carbons (Fsp3) is 0.372. The van der Waals surface area contributed by atoms with Gasteiger partial charge in [0.25, 0.3) is 0 Å². The highest BCUT2D eigenvalue weighted by atomic mass is 35.5. The third-order valence-electron chi connectivity index (χ3n) is 10.0. The van der Waals surface area contributed by atoms with Crippen molar-refractivity contribution in [2.24, 2.45) is 0 Å². The molecule has 10 nitrogen and oxygen atoms in total. The summed E-state index contributed by atoms with van der Waals surface area (Å²) < 4.78 is 24.4. The van der Waals surface area contributed by atoms with Crippen LogP contribution in [0.2, 0.25) is 5.02 Å². The molecule has 11 heteroatoms. The number of hydrogen-bond acceptors (Lipinski definition) is 10. The molecule has 1 atom stereocenters. The molecule has 0 amide bonds. The first-order chi connectivity index (χ1) is 26.1. The fourth-order valence-corrected chi connectivity index (χ4v) is 7.15. The van der Waals surface area contributed by atoms with Gasteiger partial charge in [-0.15, -0.1) is 0 Å². The second kappa shape index (κ2) is 17.9. The Labute approximate surface area is 322 Å². The summed E-state index contributed by atoms with van der Waals surface area (Å²) >= 11 is 6.90. The summed E-state index contributed by atoms with van der Waals surface area (Å²) in [5.41, 5.74) is 9.51. The van der Waals surface area contributed by atoms with Gasteiger partial charge in [-0.25, -0.2) is 0 Å². The number of ether oxygens (including phenoxy) is 3. The zero-order valence-electron chi connectivity index (χ0n) is 31.7. The van der Waals surface area contributed by atoms with Crippen LogP contribution in [-0.2, 0) is 26.3 Å². The first-order valence-corrected chi connectivity index (χ1v) is 18.7. The van der Waals surface area contributed by atoms with Crippen LogP contribution in [0.3, 0.4) is 0 Å². The predicted octanol–water partition coefficient (Wildman–Crippen LogP) is 8.12. The Bertz CT molecular complexity index is 2090. The molecule has 2 aromatic heterocycles. The van der Waals surface area contributed by atoms with Gasteiger partial charge in [-0.3, -0.25) is 9.88 Å². The van der Waals surface area contributed by atoms with Crippen LogP contribution in [0.25, 0.3) is 11.1 Å². The second-order valence-corrected chi connectivity index (χ2v) is 14.5. The van der Waals surface area contributed by atoms with Crippen LogP contribution in [0.1, 0.15) is 63.2 Å². The van der Waals surface area contributed by atoms with Crippen LogP contribution in [0, 0.1) is 39.0 Å². The normalized spacial score (nSPS) is 14.4. The predicted molar refractivity (Wildman–Crippen MR) is 209 cm³/mol. The van der Waals surface area contributed by atoms with E-state index in [9.17, 15) is 10.4 Å². The smallest absolute Gasteiger partial charge is 0.142 e. The van der Waals surface area contributed by atoms with Crippen molar-refractivity contribution < 1.29 is 23.8 Å². The summed E-state index contributed by atoms with van der Waals surface area (Å²) in [4.78, 5) is 8.63. The minimum Gasteiger partial charge on any atom is -0.493 e. The van der Waals surface area contributed by atoms with Crippen LogP contribution in [0.4, 0.5) is 0 Å². The summed E-state index contributed by atoms with van der Waals surface area (Å²) in [5, 5.41) is 23.8. The number of hydrogen-bond donors (Lipinski definition) is 1. The molecule has 1 saturated heterocycles. The number of aliphatic hydroxyl groups is 1. The van der Waals surface area contributed by atoms with E-state index in [-0.39, 0.29) is 12.7 Å². The number of aryl methyl sites for hydroxylation is 2. The van der Waals surface area contributed by atoms with Gasteiger partial charge in [-0.05, 0) is 93.6 Å². The van der Waals surface area contributed by atoms with Crippen LogP contribution in [0.15, 0.2) is 71.5 Å². The van der Waals surface area contributed by atoms with E-state index >= 15 is 0 Å². The minimum atomic E-state index is -0.204. The molecule has 1 N–H and O–H groups in total. The first kappa shape index (κ1) is 38.8. The zero-order chi connectivity index (χ0) is 38.2. The van der Waals surface area contributed by atoms with E-state index < -0.39 is 0 Å². The van der Waals surface area contributed by atoms with Gasteiger partial charge in [0.2, 0.25) is 0 Å². The minimum absolute atomic E-state index is 0.204. The molecule has 3 aromatic carbocycles. The maximum Gasteiger partial charge on any atom is 0.142 e. The number of aromatic nitrogens is 2. The number of halogens is 1. The van der Waals surface area contributed by atoms with Crippen molar-refractivity contribution in [1.29, 1.82) is 5.26 Å². The van der Waals surface area contributed by atoms with Gasteiger partial charge in [-0.2, -0.15) is 5.26 Å². The average molecular weight is 750 g/mol. The lowest BCUT2D eigenvalue weighted by Gasteiger charge is -2.21. The monoisotopic (exact) mass is 749 g/mol. The molecular formula is C43H48ClN5O5. The summed E-state index contributed by atoms with van der Waals surface area (Å²) in [5.74, 6) is 2.80. The van der Waals surface area contributed by atoms with Crippen LogP contribution in [-0.4, -0.2) is 64.4 Å². The Balaban J connectivity index is 1.17. The number of nitrogens with zero attached hydrogens (tertiary/aromatic N) is 5. The van der Waals surface area contributed by atoms with Gasteiger partial charge in [0, 0.05) is 67.9 Å². The number of likely N-dealkylation sites (tertiary alicyclic amines) is 1. The maximum atomic E-state index is 9.81. The van der Waals surface area contributed by atoms with E-state index in [0.717, 1.165) is 94.2 Å². The van der Waals surface area contributed by atoms with Crippen molar-refractivity contribution in [3.63, 3.8) is 0 Å². The highest BCUT2D eigenvalue weighted by Crippen LogP contribution is 2.37. The van der Waals surface area contributed by atoms with Crippen molar-refractivity contribution in [3.05, 3.63) is 122 Å². The van der Waals surface area contributed by atoms with Crippen molar-refractivity contribution >= 4 is 11.6 Å². The summed E-state index contributed by atoms with van der Waals surface area (Å²) in [6.07, 6.45) is 4.77. The Kier molecular flexibility index (Phi) is 12.9. The Hall–Kier alpha value is -4.92. The van der Waals surface area contributed by atoms with Crippen molar-refractivity contribution in [2.45, 2.75) is 72.9 Å². The molecule has 5 aromatic rings. The molecular weight excluding hydrogens is 702 g/mol. The largest absolute Gasteiger partial charge is 0.493 e. The highest BCUT2D eigenvalue weighted by molar-refractivity contribution is 6.32. The number of benzene rings is 3. The lowest BCUT2D eigenvalue weighted by molar-refractivity contribution is 0.173. The molecule has 54 heavy (non-hydrogen) atoms. The first-order valence-electron chi connectivity index (χ1n) is 18.3. The average Bonchev–Trinajstić information content (AvgIpc) is 3.73. The number of aliphatic hydroxyl groups excluding tert-OH is 1. The van der Waals surface area contributed by atoms with Crippen molar-refractivity contribution in [2.75, 3.05) is 33.3 Å². The molecule has 1 aliphatic heterocycles. The summed E-state index contributed by atoms with van der Waals surface area (Å²) in [6, 6.07) is 20.1. The van der Waals surface area contributed by atoms with Gasteiger partial charge in [0.15, 0.2) is 0 Å². The number of pyridine rings is 1. The van der Waals surface area contributed by atoms with Crippen LogP contribution in [0.5, 0.6) is 17.2 Å². The molecule has 0 radical (unpaired) electrons. The van der Waals surface area contributed by atoms with Gasteiger partial charge < -0.3 is 28.7 Å². The van der Waals surface area contributed by atoms with Crippen molar-refractivity contribution in [1.82, 2.24) is 19.9 Å².